The van der Waals surface area contributed by atoms with Gasteiger partial charge in [0.2, 0.25) is 0 Å². The number of imidazole rings is 1. The summed E-state index contributed by atoms with van der Waals surface area (Å²) in [5.74, 6) is 1.13. The Bertz CT molecular complexity index is 554. The first kappa shape index (κ1) is 16.5. The number of rotatable bonds is 5. The zero-order chi connectivity index (χ0) is 15.6. The standard InChI is InChI=1S/C14H26N4O2S/c1-11(2)18(9-13-5-7-15-8-6-13)21(19,20)14-10-17(4)12(3)16-14/h10-11,13,15H,5-9H2,1-4H3. The van der Waals surface area contributed by atoms with Gasteiger partial charge in [-0.15, -0.1) is 0 Å². The number of hydrogen-bond donors (Lipinski definition) is 1. The molecule has 0 aliphatic carbocycles. The number of aryl methyl sites for hydroxylation is 2. The summed E-state index contributed by atoms with van der Waals surface area (Å²) < 4.78 is 29.0. The van der Waals surface area contributed by atoms with E-state index >= 15 is 0 Å². The maximum Gasteiger partial charge on any atom is 0.262 e. The van der Waals surface area contributed by atoms with E-state index in [2.05, 4.69) is 10.3 Å². The predicted molar refractivity (Wildman–Crippen MR) is 82.6 cm³/mol. The second kappa shape index (κ2) is 6.46. The number of nitrogens with zero attached hydrogens (tertiary/aromatic N) is 3. The van der Waals surface area contributed by atoms with Crippen LogP contribution in [0.3, 0.4) is 0 Å². The molecule has 0 aromatic carbocycles. The van der Waals surface area contributed by atoms with Gasteiger partial charge in [-0.1, -0.05) is 0 Å². The van der Waals surface area contributed by atoms with Crippen molar-refractivity contribution in [1.29, 1.82) is 0 Å². The molecule has 7 heteroatoms. The van der Waals surface area contributed by atoms with Crippen molar-refractivity contribution in [3.63, 3.8) is 0 Å². The van der Waals surface area contributed by atoms with Gasteiger partial charge in [-0.2, -0.15) is 4.31 Å². The van der Waals surface area contributed by atoms with Gasteiger partial charge in [-0.05, 0) is 52.6 Å². The molecule has 6 nitrogen and oxygen atoms in total. The van der Waals surface area contributed by atoms with E-state index in [1.807, 2.05) is 27.8 Å². The molecule has 0 unspecified atom stereocenters. The summed E-state index contributed by atoms with van der Waals surface area (Å²) in [5, 5.41) is 3.47. The first-order chi connectivity index (χ1) is 9.82. The minimum Gasteiger partial charge on any atom is -0.337 e. The lowest BCUT2D eigenvalue weighted by atomic mass is 9.98. The van der Waals surface area contributed by atoms with Crippen molar-refractivity contribution >= 4 is 10.0 Å². The number of piperidine rings is 1. The van der Waals surface area contributed by atoms with Gasteiger partial charge in [-0.3, -0.25) is 0 Å². The van der Waals surface area contributed by atoms with E-state index in [1.54, 1.807) is 15.1 Å². The van der Waals surface area contributed by atoms with Gasteiger partial charge in [0.1, 0.15) is 5.82 Å². The Morgan fingerprint density at radius 3 is 2.52 bits per heavy atom. The highest BCUT2D eigenvalue weighted by Gasteiger charge is 2.31. The molecule has 0 atom stereocenters. The second-order valence-corrected chi connectivity index (χ2v) is 7.94. The van der Waals surface area contributed by atoms with E-state index in [9.17, 15) is 8.42 Å². The minimum atomic E-state index is -3.52. The highest BCUT2D eigenvalue weighted by molar-refractivity contribution is 7.89. The Morgan fingerprint density at radius 1 is 1.43 bits per heavy atom. The maximum atomic E-state index is 12.8. The molecule has 0 radical (unpaired) electrons. The third-order valence-electron chi connectivity index (χ3n) is 4.13. The van der Waals surface area contributed by atoms with Crippen molar-refractivity contribution < 1.29 is 8.42 Å². The van der Waals surface area contributed by atoms with Gasteiger partial charge in [0.15, 0.2) is 5.03 Å². The normalized spacial score (nSPS) is 17.8. The summed E-state index contributed by atoms with van der Waals surface area (Å²) in [5.41, 5.74) is 0. The zero-order valence-electron chi connectivity index (χ0n) is 13.3. The molecule has 120 valence electrons. The molecular formula is C14H26N4O2S. The molecule has 2 rings (SSSR count). The topological polar surface area (TPSA) is 67.2 Å². The third-order valence-corrected chi connectivity index (χ3v) is 6.05. The first-order valence-electron chi connectivity index (χ1n) is 7.55. The van der Waals surface area contributed by atoms with Crippen molar-refractivity contribution in [2.24, 2.45) is 13.0 Å². The third kappa shape index (κ3) is 3.64. The molecule has 21 heavy (non-hydrogen) atoms. The van der Waals surface area contributed by atoms with Crippen LogP contribution < -0.4 is 5.32 Å². The molecule has 1 fully saturated rings. The van der Waals surface area contributed by atoms with E-state index in [-0.39, 0.29) is 11.1 Å². The maximum absolute atomic E-state index is 12.8. The highest BCUT2D eigenvalue weighted by atomic mass is 32.2. The van der Waals surface area contributed by atoms with Crippen molar-refractivity contribution in [3.05, 3.63) is 12.0 Å². The van der Waals surface area contributed by atoms with Crippen LogP contribution >= 0.6 is 0 Å². The van der Waals surface area contributed by atoms with Crippen LogP contribution in [0.2, 0.25) is 0 Å². The summed E-state index contributed by atoms with van der Waals surface area (Å²) in [7, 11) is -1.71. The SMILES string of the molecule is Cc1nc(S(=O)(=O)N(CC2CCNCC2)C(C)C)cn1C. The van der Waals surface area contributed by atoms with Crippen LogP contribution in [-0.2, 0) is 17.1 Å². The molecule has 1 aliphatic rings. The van der Waals surface area contributed by atoms with Crippen molar-refractivity contribution in [2.45, 2.75) is 44.7 Å². The Kier molecular flexibility index (Phi) is 5.06. The van der Waals surface area contributed by atoms with E-state index in [0.717, 1.165) is 25.9 Å². The first-order valence-corrected chi connectivity index (χ1v) is 8.99. The van der Waals surface area contributed by atoms with Gasteiger partial charge in [-0.25, -0.2) is 13.4 Å². The largest absolute Gasteiger partial charge is 0.337 e. The number of sulfonamides is 1. The lowest BCUT2D eigenvalue weighted by molar-refractivity contribution is 0.260. The average Bonchev–Trinajstić information content (AvgIpc) is 2.77. The van der Waals surface area contributed by atoms with E-state index in [4.69, 9.17) is 0 Å². The highest BCUT2D eigenvalue weighted by Crippen LogP contribution is 2.22. The van der Waals surface area contributed by atoms with Gasteiger partial charge in [0, 0.05) is 25.8 Å². The quantitative estimate of drug-likeness (QED) is 0.884. The smallest absolute Gasteiger partial charge is 0.262 e. The van der Waals surface area contributed by atoms with E-state index < -0.39 is 10.0 Å². The molecule has 1 saturated heterocycles. The lowest BCUT2D eigenvalue weighted by Crippen LogP contribution is -2.43. The van der Waals surface area contributed by atoms with Crippen molar-refractivity contribution in [3.8, 4) is 0 Å². The molecule has 1 aliphatic heterocycles. The molecule has 1 N–H and O–H groups in total. The molecule has 0 amide bonds. The fraction of sp³-hybridized carbons (Fsp3) is 0.786. The Balaban J connectivity index is 2.23. The van der Waals surface area contributed by atoms with Gasteiger partial charge in [0.05, 0.1) is 0 Å². The molecule has 0 saturated carbocycles. The minimum absolute atomic E-state index is 0.0628. The summed E-state index contributed by atoms with van der Waals surface area (Å²) in [6.07, 6.45) is 3.66. The zero-order valence-corrected chi connectivity index (χ0v) is 14.2. The van der Waals surface area contributed by atoms with Crippen LogP contribution in [-0.4, -0.2) is 48.0 Å². The lowest BCUT2D eigenvalue weighted by Gasteiger charge is -2.31. The fourth-order valence-electron chi connectivity index (χ4n) is 2.68. The summed E-state index contributed by atoms with van der Waals surface area (Å²) in [6.45, 7) is 8.18. The Morgan fingerprint density at radius 2 is 2.05 bits per heavy atom. The molecule has 0 spiro atoms. The summed E-state index contributed by atoms with van der Waals surface area (Å²) in [6, 6.07) is -0.0628. The van der Waals surface area contributed by atoms with Crippen LogP contribution in [0.1, 0.15) is 32.5 Å². The molecule has 0 bridgehead atoms. The number of nitrogens with one attached hydrogen (secondary N) is 1. The number of aromatic nitrogens is 2. The number of hydrogen-bond acceptors (Lipinski definition) is 4. The molecular weight excluding hydrogens is 288 g/mol. The van der Waals surface area contributed by atoms with E-state index in [1.165, 1.54) is 0 Å². The molecule has 1 aromatic heterocycles. The summed E-state index contributed by atoms with van der Waals surface area (Å²) in [4.78, 5) is 4.20. The van der Waals surface area contributed by atoms with E-state index in [0.29, 0.717) is 18.3 Å². The van der Waals surface area contributed by atoms with Crippen molar-refractivity contribution in [2.75, 3.05) is 19.6 Å². The van der Waals surface area contributed by atoms with Crippen LogP contribution in [0.15, 0.2) is 11.2 Å². The van der Waals surface area contributed by atoms with Crippen LogP contribution in [0.5, 0.6) is 0 Å². The van der Waals surface area contributed by atoms with Gasteiger partial charge >= 0.3 is 0 Å². The van der Waals surface area contributed by atoms with Gasteiger partial charge < -0.3 is 9.88 Å². The monoisotopic (exact) mass is 314 g/mol. The second-order valence-electron chi connectivity index (χ2n) is 6.10. The fourth-order valence-corrected chi connectivity index (χ4v) is 4.42. The van der Waals surface area contributed by atoms with Crippen LogP contribution in [0.4, 0.5) is 0 Å². The Labute approximate surface area is 127 Å². The predicted octanol–water partition coefficient (Wildman–Crippen LogP) is 1.13. The molecule has 2 heterocycles. The van der Waals surface area contributed by atoms with Crippen molar-refractivity contribution in [1.82, 2.24) is 19.2 Å². The van der Waals surface area contributed by atoms with Gasteiger partial charge in [0.25, 0.3) is 10.0 Å². The average molecular weight is 314 g/mol. The Hall–Kier alpha value is -0.920. The summed E-state index contributed by atoms with van der Waals surface area (Å²) >= 11 is 0. The molecule has 1 aromatic rings. The van der Waals surface area contributed by atoms with Crippen LogP contribution in [0, 0.1) is 12.8 Å². The van der Waals surface area contributed by atoms with Crippen LogP contribution in [0.25, 0.3) is 0 Å².